The molecule has 238 valence electrons. The fraction of sp³-hybridized carbons (Fsp3) is 0.704. The second-order valence-electron chi connectivity index (χ2n) is 9.02. The molecule has 1 unspecified atom stereocenters. The lowest BCUT2D eigenvalue weighted by molar-refractivity contribution is -0.386. The highest BCUT2D eigenvalue weighted by Gasteiger charge is 2.27. The Hall–Kier alpha value is -2.53. The van der Waals surface area contributed by atoms with E-state index in [0.717, 1.165) is 0 Å². The van der Waals surface area contributed by atoms with E-state index in [0.29, 0.717) is 71.4 Å². The van der Waals surface area contributed by atoms with E-state index in [1.807, 2.05) is 0 Å². The van der Waals surface area contributed by atoms with Crippen LogP contribution in [-0.2, 0) is 39.0 Å². The average molecular weight is 618 g/mol. The van der Waals surface area contributed by atoms with Gasteiger partial charge in [0.05, 0.1) is 84.1 Å². The number of hydrogen-bond acceptors (Lipinski definition) is 13. The van der Waals surface area contributed by atoms with Crippen LogP contribution in [0.15, 0.2) is 12.1 Å². The molecule has 0 aromatic heterocycles. The van der Waals surface area contributed by atoms with E-state index in [2.05, 4.69) is 5.32 Å². The summed E-state index contributed by atoms with van der Waals surface area (Å²) in [5, 5.41) is 14.8. The van der Waals surface area contributed by atoms with Crippen LogP contribution in [0.2, 0.25) is 0 Å². The summed E-state index contributed by atoms with van der Waals surface area (Å²) >= 11 is 1.29. The maximum Gasteiger partial charge on any atom is 0.318 e. The molecule has 3 N–H and O–H groups in total. The molecule has 1 aliphatic rings. The van der Waals surface area contributed by atoms with E-state index in [1.165, 1.54) is 18.9 Å². The normalized spacial score (nSPS) is 20.0. The Bertz CT molecular complexity index is 954. The Morgan fingerprint density at radius 2 is 1.57 bits per heavy atom. The Balaban J connectivity index is 2.11. The van der Waals surface area contributed by atoms with Crippen molar-refractivity contribution in [3.63, 3.8) is 0 Å². The number of thioether (sulfide) groups is 1. The molecule has 2 bridgehead atoms. The predicted octanol–water partition coefficient (Wildman–Crippen LogP) is 1.49. The number of amides is 1. The largest absolute Gasteiger partial charge is 0.493 e. The zero-order valence-corrected chi connectivity index (χ0v) is 25.0. The van der Waals surface area contributed by atoms with Crippen LogP contribution in [0.3, 0.4) is 0 Å². The molecule has 0 radical (unpaired) electrons. The Morgan fingerprint density at radius 1 is 1.00 bits per heavy atom. The Kier molecular flexibility index (Phi) is 18.7. The lowest BCUT2D eigenvalue weighted by Crippen LogP contribution is -2.43. The molecule has 2 rings (SSSR count). The van der Waals surface area contributed by atoms with Crippen molar-refractivity contribution in [1.82, 2.24) is 5.32 Å². The van der Waals surface area contributed by atoms with Crippen molar-refractivity contribution in [1.29, 1.82) is 0 Å². The number of ketones is 1. The van der Waals surface area contributed by atoms with Gasteiger partial charge in [0.15, 0.2) is 11.5 Å². The van der Waals surface area contributed by atoms with E-state index in [4.69, 9.17) is 38.9 Å². The van der Waals surface area contributed by atoms with E-state index >= 15 is 0 Å². The van der Waals surface area contributed by atoms with Crippen molar-refractivity contribution in [2.45, 2.75) is 31.1 Å². The number of fused-ring (bicyclic) bond motifs is 2. The number of nitrogens with one attached hydrogen (secondary N) is 1. The van der Waals surface area contributed by atoms with Gasteiger partial charge in [0.25, 0.3) is 0 Å². The molecule has 0 saturated carbocycles. The van der Waals surface area contributed by atoms with E-state index in [1.54, 1.807) is 12.1 Å². The van der Waals surface area contributed by atoms with Gasteiger partial charge in [-0.2, -0.15) is 11.8 Å². The second-order valence-corrected chi connectivity index (χ2v) is 10.0. The number of benzene rings is 1. The van der Waals surface area contributed by atoms with E-state index in [-0.39, 0.29) is 73.0 Å². The second kappa shape index (κ2) is 22.1. The highest BCUT2D eigenvalue weighted by molar-refractivity contribution is 7.98. The molecule has 0 aliphatic carbocycles. The van der Waals surface area contributed by atoms with E-state index in [9.17, 15) is 19.7 Å². The summed E-state index contributed by atoms with van der Waals surface area (Å²) in [5.74, 6) is 0.166. The third-order valence-corrected chi connectivity index (χ3v) is 6.99. The first kappa shape index (κ1) is 35.7. The number of nitro benzene ring substituents is 1. The first-order valence-corrected chi connectivity index (χ1v) is 15.1. The fourth-order valence-corrected chi connectivity index (χ4v) is 4.85. The number of hydrogen-bond donors (Lipinski definition) is 2. The van der Waals surface area contributed by atoms with Crippen LogP contribution in [0, 0.1) is 10.1 Å². The van der Waals surface area contributed by atoms with Crippen molar-refractivity contribution in [2.24, 2.45) is 5.73 Å². The van der Waals surface area contributed by atoms with Gasteiger partial charge in [-0.05, 0) is 25.1 Å². The van der Waals surface area contributed by atoms with Gasteiger partial charge in [0.1, 0.15) is 6.61 Å². The van der Waals surface area contributed by atoms with Gasteiger partial charge in [-0.15, -0.1) is 0 Å². The quantitative estimate of drug-likeness (QED) is 0.347. The number of Topliss-reactive ketones (excluding diaryl/α,β-unsaturated/α-hetero) is 1. The lowest BCUT2D eigenvalue weighted by Gasteiger charge is -2.18. The highest BCUT2D eigenvalue weighted by atomic mass is 32.2. The van der Waals surface area contributed by atoms with E-state index < -0.39 is 11.0 Å². The molecule has 14 nitrogen and oxygen atoms in total. The first-order chi connectivity index (χ1) is 20.5. The molecular weight excluding hydrogens is 574 g/mol. The molecule has 1 heterocycles. The van der Waals surface area contributed by atoms with Gasteiger partial charge in [0.2, 0.25) is 11.7 Å². The average Bonchev–Trinajstić information content (AvgIpc) is 2.98. The molecule has 0 fully saturated rings. The van der Waals surface area contributed by atoms with Crippen LogP contribution in [0.5, 0.6) is 11.5 Å². The summed E-state index contributed by atoms with van der Waals surface area (Å²) in [4.78, 5) is 36.9. The molecule has 1 atom stereocenters. The summed E-state index contributed by atoms with van der Waals surface area (Å²) in [7, 11) is 1.40. The predicted molar refractivity (Wildman–Crippen MR) is 155 cm³/mol. The van der Waals surface area contributed by atoms with Crippen molar-refractivity contribution in [3.05, 3.63) is 27.8 Å². The standard InChI is InChI=1S/C27H43N3O11S/c1-35-24-5-4-21-19-42-20-22(23(31)3-2-7-28)29-25(32)6-8-36-9-10-37-11-12-38-13-14-39-15-16-40-17-18-41-27(24)26(21)30(33)34/h4-5,22H,2-3,6-20,28H2,1H3,(H,29,32). The number of rotatable bonds is 6. The van der Waals surface area contributed by atoms with Crippen molar-refractivity contribution in [3.8, 4) is 11.5 Å². The molecule has 42 heavy (non-hydrogen) atoms. The summed E-state index contributed by atoms with van der Waals surface area (Å²) in [5.41, 5.74) is 5.73. The van der Waals surface area contributed by atoms with Crippen LogP contribution in [-0.4, -0.2) is 115 Å². The van der Waals surface area contributed by atoms with Crippen LogP contribution in [0.1, 0.15) is 24.8 Å². The van der Waals surface area contributed by atoms with Gasteiger partial charge in [-0.1, -0.05) is 0 Å². The molecule has 1 amide bonds. The van der Waals surface area contributed by atoms with Gasteiger partial charge in [-0.25, -0.2) is 0 Å². The third-order valence-electron chi connectivity index (χ3n) is 5.91. The maximum absolute atomic E-state index is 12.8. The fourth-order valence-electron chi connectivity index (χ4n) is 3.78. The van der Waals surface area contributed by atoms with Crippen LogP contribution in [0.4, 0.5) is 5.69 Å². The number of nitro groups is 1. The number of nitrogens with zero attached hydrogens (tertiary/aromatic N) is 1. The SMILES string of the molecule is COc1ccc2c([N+](=O)[O-])c1OCCOCCOCCOCCOCCOCCC(=O)NC(C(=O)CCCN)CSC2. The lowest BCUT2D eigenvalue weighted by atomic mass is 10.1. The smallest absolute Gasteiger partial charge is 0.318 e. The molecule has 0 spiro atoms. The minimum atomic E-state index is -0.769. The molecule has 1 aliphatic heterocycles. The summed E-state index contributed by atoms with van der Waals surface area (Å²) in [6.07, 6.45) is 0.780. The van der Waals surface area contributed by atoms with Crippen molar-refractivity contribution < 1.29 is 47.7 Å². The number of carbonyl (C=O) groups is 2. The Labute approximate surface area is 250 Å². The zero-order chi connectivity index (χ0) is 30.4. The van der Waals surface area contributed by atoms with Gasteiger partial charge >= 0.3 is 5.69 Å². The van der Waals surface area contributed by atoms with Crippen LogP contribution in [0.25, 0.3) is 0 Å². The van der Waals surface area contributed by atoms with Crippen LogP contribution >= 0.6 is 11.8 Å². The van der Waals surface area contributed by atoms with Crippen molar-refractivity contribution >= 4 is 29.1 Å². The molecular formula is C27H43N3O11S. The monoisotopic (exact) mass is 617 g/mol. The summed E-state index contributed by atoms with van der Waals surface area (Å²) < 4.78 is 38.4. The van der Waals surface area contributed by atoms with Gasteiger partial charge < -0.3 is 44.2 Å². The first-order valence-electron chi connectivity index (χ1n) is 13.9. The summed E-state index contributed by atoms with van der Waals surface area (Å²) in [6.45, 7) is 3.75. The van der Waals surface area contributed by atoms with Crippen LogP contribution < -0.4 is 20.5 Å². The molecule has 15 heteroatoms. The van der Waals surface area contributed by atoms with Crippen molar-refractivity contribution in [2.75, 3.05) is 92.1 Å². The van der Waals surface area contributed by atoms with Gasteiger partial charge in [0, 0.05) is 29.9 Å². The topological polar surface area (TPSA) is 180 Å². The minimum Gasteiger partial charge on any atom is -0.493 e. The maximum atomic E-state index is 12.8. The molecule has 1 aromatic rings. The third kappa shape index (κ3) is 14.1. The zero-order valence-electron chi connectivity index (χ0n) is 24.2. The number of ether oxygens (including phenoxy) is 7. The van der Waals surface area contributed by atoms with Gasteiger partial charge in [-0.3, -0.25) is 19.7 Å². The molecule has 0 saturated heterocycles. The number of nitrogens with two attached hydrogens (primary N) is 1. The summed E-state index contributed by atoms with van der Waals surface area (Å²) in [6, 6.07) is 2.42. The number of methoxy groups -OCH3 is 1. The minimum absolute atomic E-state index is 0.00260. The highest BCUT2D eigenvalue weighted by Crippen LogP contribution is 2.41. The molecule has 1 aromatic carbocycles. The number of carbonyl (C=O) groups excluding carboxylic acids is 2. The Morgan fingerprint density at radius 3 is 2.12 bits per heavy atom.